The van der Waals surface area contributed by atoms with E-state index in [4.69, 9.17) is 11.6 Å². The molecule has 1 heterocycles. The van der Waals surface area contributed by atoms with Gasteiger partial charge in [-0.2, -0.15) is 0 Å². The van der Waals surface area contributed by atoms with Crippen LogP contribution < -0.4 is 0 Å². The summed E-state index contributed by atoms with van der Waals surface area (Å²) < 4.78 is 0.917. The average molecular weight is 280 g/mol. The van der Waals surface area contributed by atoms with Crippen LogP contribution in [-0.4, -0.2) is 4.83 Å². The van der Waals surface area contributed by atoms with Gasteiger partial charge in [0.2, 0.25) is 0 Å². The van der Waals surface area contributed by atoms with E-state index in [1.165, 1.54) is 30.6 Å². The van der Waals surface area contributed by atoms with Gasteiger partial charge in [0.15, 0.2) is 0 Å². The standard InChI is InChI=1S/C10H12BrClS/c11-8-4-2-1-3-7(8)9-5-6-10(12)13-9/h5-8H,1-4H2. The monoisotopic (exact) mass is 278 g/mol. The maximum atomic E-state index is 5.93. The molecule has 1 saturated carbocycles. The van der Waals surface area contributed by atoms with E-state index in [2.05, 4.69) is 22.0 Å². The van der Waals surface area contributed by atoms with Crippen molar-refractivity contribution in [3.05, 3.63) is 21.3 Å². The quantitative estimate of drug-likeness (QED) is 0.646. The second-order valence-electron chi connectivity index (χ2n) is 3.55. The molecule has 1 aliphatic carbocycles. The van der Waals surface area contributed by atoms with Crippen molar-refractivity contribution in [3.63, 3.8) is 0 Å². The van der Waals surface area contributed by atoms with Gasteiger partial charge in [-0.1, -0.05) is 40.4 Å². The molecule has 0 aromatic carbocycles. The zero-order valence-corrected chi connectivity index (χ0v) is 10.5. The van der Waals surface area contributed by atoms with Gasteiger partial charge in [-0.25, -0.2) is 0 Å². The minimum Gasteiger partial charge on any atom is -0.128 e. The van der Waals surface area contributed by atoms with Crippen LogP contribution in [-0.2, 0) is 0 Å². The van der Waals surface area contributed by atoms with Crippen molar-refractivity contribution < 1.29 is 0 Å². The van der Waals surface area contributed by atoms with E-state index in [1.54, 1.807) is 11.3 Å². The van der Waals surface area contributed by atoms with E-state index in [0.29, 0.717) is 10.7 Å². The number of thiophene rings is 1. The molecular weight excluding hydrogens is 268 g/mol. The Morgan fingerprint density at radius 2 is 2.08 bits per heavy atom. The first-order chi connectivity index (χ1) is 6.27. The molecular formula is C10H12BrClS. The van der Waals surface area contributed by atoms with E-state index < -0.39 is 0 Å². The first kappa shape index (κ1) is 10.0. The molecule has 0 N–H and O–H groups in total. The molecule has 1 aliphatic rings. The molecule has 0 bridgehead atoms. The molecule has 13 heavy (non-hydrogen) atoms. The molecule has 3 heteroatoms. The van der Waals surface area contributed by atoms with Crippen LogP contribution in [0.3, 0.4) is 0 Å². The third-order valence-corrected chi connectivity index (χ3v) is 5.10. The summed E-state index contributed by atoms with van der Waals surface area (Å²) in [6.45, 7) is 0. The molecule has 2 atom stereocenters. The molecule has 0 nitrogen and oxygen atoms in total. The van der Waals surface area contributed by atoms with Crippen LogP contribution in [0.2, 0.25) is 4.34 Å². The second kappa shape index (κ2) is 4.33. The predicted octanol–water partition coefficient (Wildman–Crippen LogP) is 4.82. The summed E-state index contributed by atoms with van der Waals surface area (Å²) in [6, 6.07) is 4.19. The van der Waals surface area contributed by atoms with E-state index >= 15 is 0 Å². The fourth-order valence-corrected chi connectivity index (χ4v) is 4.24. The predicted molar refractivity (Wildman–Crippen MR) is 63.3 cm³/mol. The average Bonchev–Trinajstić information content (AvgIpc) is 2.53. The third kappa shape index (κ3) is 2.28. The summed E-state index contributed by atoms with van der Waals surface area (Å²) in [6.07, 6.45) is 5.35. The van der Waals surface area contributed by atoms with Crippen molar-refractivity contribution in [2.75, 3.05) is 0 Å². The van der Waals surface area contributed by atoms with Crippen LogP contribution in [0.1, 0.15) is 36.5 Å². The van der Waals surface area contributed by atoms with E-state index in [9.17, 15) is 0 Å². The molecule has 0 spiro atoms. The second-order valence-corrected chi connectivity index (χ2v) is 6.47. The Labute approximate surface area is 96.4 Å². The molecule has 0 aliphatic heterocycles. The molecule has 1 fully saturated rings. The van der Waals surface area contributed by atoms with Crippen molar-refractivity contribution >= 4 is 38.9 Å². The van der Waals surface area contributed by atoms with Gasteiger partial charge in [-0.3, -0.25) is 0 Å². The largest absolute Gasteiger partial charge is 0.128 e. The van der Waals surface area contributed by atoms with Crippen LogP contribution in [0.25, 0.3) is 0 Å². The molecule has 0 radical (unpaired) electrons. The summed E-state index contributed by atoms with van der Waals surface area (Å²) in [5.74, 6) is 0.700. The molecule has 2 unspecified atom stereocenters. The highest BCUT2D eigenvalue weighted by Crippen LogP contribution is 2.40. The maximum Gasteiger partial charge on any atom is 0.0931 e. The molecule has 0 amide bonds. The first-order valence-electron chi connectivity index (χ1n) is 4.66. The number of hydrogen-bond donors (Lipinski definition) is 0. The Morgan fingerprint density at radius 3 is 2.69 bits per heavy atom. The van der Waals surface area contributed by atoms with Gasteiger partial charge >= 0.3 is 0 Å². The SMILES string of the molecule is Clc1ccc(C2CCCCC2Br)s1. The zero-order valence-electron chi connectivity index (χ0n) is 7.30. The number of alkyl halides is 1. The summed E-state index contributed by atoms with van der Waals surface area (Å²) >= 11 is 11.4. The van der Waals surface area contributed by atoms with Gasteiger partial charge in [-0.05, 0) is 25.0 Å². The summed E-state index contributed by atoms with van der Waals surface area (Å²) in [4.78, 5) is 2.11. The van der Waals surface area contributed by atoms with Gasteiger partial charge in [-0.15, -0.1) is 11.3 Å². The summed E-state index contributed by atoms with van der Waals surface area (Å²) in [7, 11) is 0. The number of rotatable bonds is 1. The van der Waals surface area contributed by atoms with Gasteiger partial charge < -0.3 is 0 Å². The summed E-state index contributed by atoms with van der Waals surface area (Å²) in [5, 5.41) is 0. The van der Waals surface area contributed by atoms with Crippen molar-refractivity contribution in [2.45, 2.75) is 36.4 Å². The fraction of sp³-hybridized carbons (Fsp3) is 0.600. The van der Waals surface area contributed by atoms with Crippen LogP contribution >= 0.6 is 38.9 Å². The minimum absolute atomic E-state index is 0.663. The highest BCUT2D eigenvalue weighted by Gasteiger charge is 2.25. The lowest BCUT2D eigenvalue weighted by Gasteiger charge is -2.26. The van der Waals surface area contributed by atoms with Gasteiger partial charge in [0.25, 0.3) is 0 Å². The molecule has 2 rings (SSSR count). The third-order valence-electron chi connectivity index (χ3n) is 2.64. The lowest BCUT2D eigenvalue weighted by atomic mass is 9.88. The number of halogens is 2. The van der Waals surface area contributed by atoms with Gasteiger partial charge in [0.05, 0.1) is 4.34 Å². The maximum absolute atomic E-state index is 5.93. The van der Waals surface area contributed by atoms with Crippen LogP contribution in [0, 0.1) is 0 Å². The highest BCUT2D eigenvalue weighted by molar-refractivity contribution is 9.09. The fourth-order valence-electron chi connectivity index (χ4n) is 1.93. The lowest BCUT2D eigenvalue weighted by molar-refractivity contribution is 0.466. The van der Waals surface area contributed by atoms with E-state index in [1.807, 2.05) is 6.07 Å². The van der Waals surface area contributed by atoms with Crippen LogP contribution in [0.5, 0.6) is 0 Å². The Kier molecular flexibility index (Phi) is 3.33. The minimum atomic E-state index is 0.663. The Morgan fingerprint density at radius 1 is 1.31 bits per heavy atom. The number of hydrogen-bond acceptors (Lipinski definition) is 1. The van der Waals surface area contributed by atoms with Gasteiger partial charge in [0.1, 0.15) is 0 Å². The molecule has 1 aromatic rings. The van der Waals surface area contributed by atoms with Crippen LogP contribution in [0.4, 0.5) is 0 Å². The van der Waals surface area contributed by atoms with Crippen molar-refractivity contribution in [1.29, 1.82) is 0 Å². The molecule has 0 saturated heterocycles. The molecule has 72 valence electrons. The summed E-state index contributed by atoms with van der Waals surface area (Å²) in [5.41, 5.74) is 0. The van der Waals surface area contributed by atoms with E-state index in [0.717, 1.165) is 4.34 Å². The van der Waals surface area contributed by atoms with E-state index in [-0.39, 0.29) is 0 Å². The Bertz CT molecular complexity index is 284. The topological polar surface area (TPSA) is 0 Å². The normalized spacial score (nSPS) is 29.1. The molecule has 1 aromatic heterocycles. The Balaban J connectivity index is 2.14. The zero-order chi connectivity index (χ0) is 9.26. The first-order valence-corrected chi connectivity index (χ1v) is 6.77. The van der Waals surface area contributed by atoms with Crippen LogP contribution in [0.15, 0.2) is 12.1 Å². The van der Waals surface area contributed by atoms with Crippen molar-refractivity contribution in [1.82, 2.24) is 0 Å². The lowest BCUT2D eigenvalue weighted by Crippen LogP contribution is -2.15. The Hall–Kier alpha value is 0.470. The van der Waals surface area contributed by atoms with Crippen molar-refractivity contribution in [3.8, 4) is 0 Å². The smallest absolute Gasteiger partial charge is 0.0931 e. The van der Waals surface area contributed by atoms with Crippen molar-refractivity contribution in [2.24, 2.45) is 0 Å². The highest BCUT2D eigenvalue weighted by atomic mass is 79.9. The van der Waals surface area contributed by atoms with Gasteiger partial charge in [0, 0.05) is 15.6 Å².